The maximum Gasteiger partial charge on any atom is 0.165 e. The molecule has 0 radical (unpaired) electrons. The Morgan fingerprint density at radius 2 is 1.55 bits per heavy atom. The van der Waals surface area contributed by atoms with Crippen molar-refractivity contribution in [2.75, 3.05) is 18.0 Å². The Hall–Kier alpha value is -2.15. The fourth-order valence-corrected chi connectivity index (χ4v) is 5.95. The van der Waals surface area contributed by atoms with Gasteiger partial charge in [-0.05, 0) is 31.1 Å². The average Bonchev–Trinajstić information content (AvgIpc) is 3.41. The third-order valence-corrected chi connectivity index (χ3v) is 7.67. The van der Waals surface area contributed by atoms with Gasteiger partial charge in [0, 0.05) is 23.4 Å². The van der Waals surface area contributed by atoms with Crippen molar-refractivity contribution in [1.29, 1.82) is 10.5 Å². The highest BCUT2D eigenvalue weighted by atomic mass is 32.1. The Kier molecular flexibility index (Phi) is 11.1. The molecule has 0 saturated carbocycles. The van der Waals surface area contributed by atoms with Crippen molar-refractivity contribution in [2.24, 2.45) is 0 Å². The van der Waals surface area contributed by atoms with E-state index in [0.717, 1.165) is 23.3 Å². The summed E-state index contributed by atoms with van der Waals surface area (Å²) in [6.45, 7) is 13.1. The molecule has 4 nitrogen and oxygen atoms in total. The van der Waals surface area contributed by atoms with Crippen LogP contribution in [0.4, 0.5) is 5.00 Å². The van der Waals surface area contributed by atoms with Crippen LogP contribution in [-0.2, 0) is 5.41 Å². The van der Waals surface area contributed by atoms with E-state index in [4.69, 9.17) is 0 Å². The minimum absolute atomic E-state index is 0.0855. The number of thiophene rings is 1. The second-order valence-corrected chi connectivity index (χ2v) is 11.6. The molecule has 0 spiro atoms. The summed E-state index contributed by atoms with van der Waals surface area (Å²) in [7, 11) is 0. The van der Waals surface area contributed by atoms with Crippen LogP contribution in [0, 0.1) is 22.7 Å². The minimum atomic E-state index is -0.165. The molecule has 0 saturated heterocycles. The molecule has 0 fully saturated rings. The van der Waals surface area contributed by atoms with Gasteiger partial charge in [-0.3, -0.25) is 0 Å². The summed E-state index contributed by atoms with van der Waals surface area (Å²) in [5, 5.41) is 19.9. The number of hydrogen-bond acceptors (Lipinski definition) is 6. The van der Waals surface area contributed by atoms with Crippen LogP contribution < -0.4 is 14.1 Å². The molecule has 2 rings (SSSR count). The SMILES string of the molecule is CCCCCCN(CCCCCC)c1ccc(/C=c2\sc(=C(C#N)C#N)nc2C(C)(C)C)s1. The van der Waals surface area contributed by atoms with Crippen LogP contribution >= 0.6 is 22.7 Å². The zero-order valence-corrected chi connectivity index (χ0v) is 22.5. The third-order valence-electron chi connectivity index (χ3n) is 5.56. The Morgan fingerprint density at radius 1 is 0.939 bits per heavy atom. The first-order valence-corrected chi connectivity index (χ1v) is 13.9. The lowest BCUT2D eigenvalue weighted by Crippen LogP contribution is -2.24. The second-order valence-electron chi connectivity index (χ2n) is 9.51. The van der Waals surface area contributed by atoms with Crippen LogP contribution in [0.3, 0.4) is 0 Å². The first kappa shape index (κ1) is 27.1. The Bertz CT molecular complexity index is 1050. The summed E-state index contributed by atoms with van der Waals surface area (Å²) in [6, 6.07) is 8.41. The molecule has 0 atom stereocenters. The van der Waals surface area contributed by atoms with Crippen LogP contribution in [0.25, 0.3) is 11.6 Å². The first-order chi connectivity index (χ1) is 15.8. The maximum atomic E-state index is 9.29. The van der Waals surface area contributed by atoms with Gasteiger partial charge in [0.2, 0.25) is 0 Å². The van der Waals surface area contributed by atoms with Gasteiger partial charge in [-0.2, -0.15) is 10.5 Å². The number of nitriles is 2. The van der Waals surface area contributed by atoms with Crippen molar-refractivity contribution in [1.82, 2.24) is 4.98 Å². The lowest BCUT2D eigenvalue weighted by Gasteiger charge is -2.23. The molecule has 6 heteroatoms. The van der Waals surface area contributed by atoms with Crippen molar-refractivity contribution < 1.29 is 0 Å². The predicted molar refractivity (Wildman–Crippen MR) is 143 cm³/mol. The first-order valence-electron chi connectivity index (χ1n) is 12.2. The molecule has 0 aliphatic rings. The van der Waals surface area contributed by atoms with E-state index in [9.17, 15) is 10.5 Å². The van der Waals surface area contributed by atoms with E-state index in [1.807, 2.05) is 23.5 Å². The number of aromatic nitrogens is 1. The normalized spacial score (nSPS) is 11.9. The van der Waals surface area contributed by atoms with Crippen LogP contribution in [-0.4, -0.2) is 18.1 Å². The molecule has 0 amide bonds. The number of nitrogens with zero attached hydrogens (tertiary/aromatic N) is 4. The molecule has 0 aromatic carbocycles. The number of hydrogen-bond donors (Lipinski definition) is 0. The Morgan fingerprint density at radius 3 is 2.06 bits per heavy atom. The molecule has 0 aliphatic heterocycles. The summed E-state index contributed by atoms with van der Waals surface area (Å²) in [6.07, 6.45) is 12.4. The summed E-state index contributed by atoms with van der Waals surface area (Å²) < 4.78 is 1.55. The van der Waals surface area contributed by atoms with E-state index in [0.29, 0.717) is 4.66 Å². The highest BCUT2D eigenvalue weighted by molar-refractivity contribution is 7.17. The average molecular weight is 483 g/mol. The Labute approximate surface area is 207 Å². The third kappa shape index (κ3) is 8.29. The molecule has 33 heavy (non-hydrogen) atoms. The van der Waals surface area contributed by atoms with Gasteiger partial charge in [-0.15, -0.1) is 22.7 Å². The maximum absolute atomic E-state index is 9.29. The fourth-order valence-electron chi connectivity index (χ4n) is 3.70. The monoisotopic (exact) mass is 482 g/mol. The van der Waals surface area contributed by atoms with Crippen molar-refractivity contribution in [3.8, 4) is 12.1 Å². The van der Waals surface area contributed by atoms with Gasteiger partial charge in [0.25, 0.3) is 0 Å². The number of rotatable bonds is 12. The van der Waals surface area contributed by atoms with Crippen LogP contribution in [0.1, 0.15) is 96.6 Å². The van der Waals surface area contributed by atoms with Crippen molar-refractivity contribution in [2.45, 2.75) is 91.4 Å². The van der Waals surface area contributed by atoms with E-state index in [1.54, 1.807) is 0 Å². The van der Waals surface area contributed by atoms with Gasteiger partial charge >= 0.3 is 0 Å². The van der Waals surface area contributed by atoms with Gasteiger partial charge < -0.3 is 4.90 Å². The lowest BCUT2D eigenvalue weighted by molar-refractivity contribution is 0.568. The molecule has 2 heterocycles. The molecule has 2 aromatic rings. The Balaban J connectivity index is 2.35. The molecule has 0 unspecified atom stereocenters. The van der Waals surface area contributed by atoms with Gasteiger partial charge in [-0.25, -0.2) is 4.98 Å². The van der Waals surface area contributed by atoms with Crippen LogP contribution in [0.2, 0.25) is 0 Å². The highest BCUT2D eigenvalue weighted by Crippen LogP contribution is 2.28. The summed E-state index contributed by atoms with van der Waals surface area (Å²) in [5.41, 5.74) is 0.861. The van der Waals surface area contributed by atoms with Gasteiger partial charge in [0.05, 0.1) is 15.2 Å². The molecule has 0 N–H and O–H groups in total. The summed E-state index contributed by atoms with van der Waals surface area (Å²) in [5.74, 6) is 0. The number of anilines is 1. The van der Waals surface area contributed by atoms with Gasteiger partial charge in [0.15, 0.2) is 5.57 Å². The highest BCUT2D eigenvalue weighted by Gasteiger charge is 2.20. The molecule has 0 bridgehead atoms. The lowest BCUT2D eigenvalue weighted by atomic mass is 9.92. The smallest absolute Gasteiger partial charge is 0.165 e. The number of unbranched alkanes of at least 4 members (excludes halogenated alkanes) is 6. The van der Waals surface area contributed by atoms with E-state index in [1.165, 1.54) is 72.6 Å². The standard InChI is InChI=1S/C27H38N4S2/c1-6-8-10-12-16-31(17-13-11-9-7-2)24-15-14-22(32-24)18-23-25(27(3,4)5)30-26(33-23)21(19-28)20-29/h14-15,18H,6-13,16-17H2,1-5H3/b23-18-. The van der Waals surface area contributed by atoms with Crippen molar-refractivity contribution in [3.05, 3.63) is 31.9 Å². The van der Waals surface area contributed by atoms with Crippen LogP contribution in [0.5, 0.6) is 0 Å². The van der Waals surface area contributed by atoms with E-state index >= 15 is 0 Å². The zero-order chi connectivity index (χ0) is 24.3. The topological polar surface area (TPSA) is 63.7 Å². The van der Waals surface area contributed by atoms with E-state index in [2.05, 4.69) is 62.7 Å². The summed E-state index contributed by atoms with van der Waals surface area (Å²) >= 11 is 3.26. The van der Waals surface area contributed by atoms with E-state index in [-0.39, 0.29) is 11.0 Å². The number of thiazole rings is 1. The molecule has 2 aromatic heterocycles. The molecule has 178 valence electrons. The van der Waals surface area contributed by atoms with Crippen molar-refractivity contribution in [3.63, 3.8) is 0 Å². The molecular weight excluding hydrogens is 444 g/mol. The molecule has 0 aliphatic carbocycles. The minimum Gasteiger partial charge on any atom is -0.363 e. The fraction of sp³-hybridized carbons (Fsp3) is 0.593. The second kappa shape index (κ2) is 13.5. The van der Waals surface area contributed by atoms with Crippen molar-refractivity contribution >= 4 is 39.3 Å². The molecular formula is C27H38N4S2. The van der Waals surface area contributed by atoms with Gasteiger partial charge in [0.1, 0.15) is 16.8 Å². The summed E-state index contributed by atoms with van der Waals surface area (Å²) in [4.78, 5) is 8.43. The predicted octanol–water partition coefficient (Wildman–Crippen LogP) is 6.50. The largest absolute Gasteiger partial charge is 0.363 e. The zero-order valence-electron chi connectivity index (χ0n) is 20.9. The van der Waals surface area contributed by atoms with Crippen LogP contribution in [0.15, 0.2) is 12.1 Å². The van der Waals surface area contributed by atoms with E-state index < -0.39 is 0 Å². The quantitative estimate of drug-likeness (QED) is 0.324. The van der Waals surface area contributed by atoms with Gasteiger partial charge in [-0.1, -0.05) is 73.1 Å².